The van der Waals surface area contributed by atoms with Crippen LogP contribution in [0.15, 0.2) is 29.0 Å². The highest BCUT2D eigenvalue weighted by molar-refractivity contribution is 9.10. The van der Waals surface area contributed by atoms with Crippen molar-refractivity contribution in [3.8, 4) is 0 Å². The van der Waals surface area contributed by atoms with E-state index < -0.39 is 12.7 Å². The second-order valence-electron chi connectivity index (χ2n) is 4.08. The van der Waals surface area contributed by atoms with E-state index in [2.05, 4.69) is 41.8 Å². The van der Waals surface area contributed by atoms with E-state index in [1.165, 1.54) is 11.1 Å². The predicted octanol–water partition coefficient (Wildman–Crippen LogP) is 4.16. The fraction of sp³-hybridized carbons (Fsp3) is 0.333. The fourth-order valence-electron chi connectivity index (χ4n) is 1.85. The molecule has 0 atom stereocenters. The van der Waals surface area contributed by atoms with Gasteiger partial charge in [-0.05, 0) is 28.1 Å². The van der Waals surface area contributed by atoms with Crippen molar-refractivity contribution in [2.45, 2.75) is 6.18 Å². The lowest BCUT2D eigenvalue weighted by Gasteiger charge is -2.25. The Balaban J connectivity index is 2.47. The van der Waals surface area contributed by atoms with Gasteiger partial charge < -0.3 is 4.90 Å². The molecule has 108 valence electrons. The van der Waals surface area contributed by atoms with Crippen molar-refractivity contribution in [2.24, 2.45) is 0 Å². The summed E-state index contributed by atoms with van der Waals surface area (Å²) in [6.07, 6.45) is -1.23. The highest BCUT2D eigenvalue weighted by Crippen LogP contribution is 2.28. The molecule has 2 aromatic heterocycles. The summed E-state index contributed by atoms with van der Waals surface area (Å²) in [4.78, 5) is 9.56. The number of alkyl halides is 4. The molecule has 0 bridgehead atoms. The van der Waals surface area contributed by atoms with Gasteiger partial charge in [-0.1, -0.05) is 15.9 Å². The molecule has 3 nitrogen and oxygen atoms in total. The molecule has 0 fully saturated rings. The van der Waals surface area contributed by atoms with Crippen molar-refractivity contribution in [3.05, 3.63) is 29.0 Å². The molecule has 0 aromatic carbocycles. The number of rotatable bonds is 4. The molecule has 0 unspecified atom stereocenters. The van der Waals surface area contributed by atoms with Crippen LogP contribution in [0.2, 0.25) is 0 Å². The number of hydrogen-bond donors (Lipinski definition) is 0. The first-order valence-corrected chi connectivity index (χ1v) is 7.60. The first-order chi connectivity index (χ1) is 9.40. The summed E-state index contributed by atoms with van der Waals surface area (Å²) in [5.41, 5.74) is 1.44. The molecule has 0 N–H and O–H groups in total. The highest BCUT2D eigenvalue weighted by atomic mass is 79.9. The Bertz CT molecular complexity index is 604. The molecule has 2 rings (SSSR count). The smallest absolute Gasteiger partial charge is 0.360 e. The molecule has 0 aliphatic heterocycles. The molecule has 8 heteroatoms. The maximum absolute atomic E-state index is 12.7. The number of aromatic nitrogens is 2. The third-order valence-electron chi connectivity index (χ3n) is 2.59. The maximum Gasteiger partial charge on any atom is 0.405 e. The Morgan fingerprint density at radius 1 is 1.25 bits per heavy atom. The van der Waals surface area contributed by atoms with E-state index in [-0.39, 0.29) is 6.54 Å². The molecular weight excluding hydrogens is 403 g/mol. The van der Waals surface area contributed by atoms with Crippen LogP contribution in [0.5, 0.6) is 0 Å². The zero-order valence-corrected chi connectivity index (χ0v) is 13.3. The van der Waals surface area contributed by atoms with Gasteiger partial charge in [-0.15, -0.1) is 0 Å². The number of fused-ring (bicyclic) bond motifs is 1. The summed E-state index contributed by atoms with van der Waals surface area (Å²) in [6.45, 7) is -0.786. The van der Waals surface area contributed by atoms with Crippen LogP contribution in [0, 0.1) is 0 Å². The van der Waals surface area contributed by atoms with Crippen molar-refractivity contribution in [3.63, 3.8) is 0 Å². The number of nitrogens with zero attached hydrogens (tertiary/aromatic N) is 3. The van der Waals surface area contributed by atoms with Gasteiger partial charge in [0, 0.05) is 28.7 Å². The lowest BCUT2D eigenvalue weighted by Crippen LogP contribution is -2.35. The lowest BCUT2D eigenvalue weighted by atomic mass is 10.2. The maximum atomic E-state index is 12.7. The van der Waals surface area contributed by atoms with Gasteiger partial charge in [-0.3, -0.25) is 9.97 Å². The van der Waals surface area contributed by atoms with Gasteiger partial charge in [0.25, 0.3) is 0 Å². The van der Waals surface area contributed by atoms with Crippen LogP contribution in [0.1, 0.15) is 0 Å². The van der Waals surface area contributed by atoms with E-state index in [0.29, 0.717) is 22.1 Å². The summed E-state index contributed by atoms with van der Waals surface area (Å²) in [5, 5.41) is 0.434. The largest absolute Gasteiger partial charge is 0.405 e. The molecule has 0 amide bonds. The highest BCUT2D eigenvalue weighted by Gasteiger charge is 2.31. The monoisotopic (exact) mass is 411 g/mol. The van der Waals surface area contributed by atoms with E-state index >= 15 is 0 Å². The van der Waals surface area contributed by atoms with Crippen molar-refractivity contribution in [1.82, 2.24) is 9.97 Å². The Kier molecular flexibility index (Phi) is 4.85. The van der Waals surface area contributed by atoms with Crippen LogP contribution >= 0.6 is 31.9 Å². The SMILES string of the molecule is FC(F)(F)CN(CCBr)c1ccnc2cc(Br)cnc12. The standard InChI is InChI=1S/C12H10Br2F3N3/c13-2-4-20(7-12(15,16)17)10-1-3-18-9-5-8(14)6-19-11(9)10/h1,3,5-6H,2,4,7H2. The summed E-state index contributed by atoms with van der Waals surface area (Å²) < 4.78 is 38.8. The Labute approximate surface area is 130 Å². The minimum Gasteiger partial charge on any atom is -0.360 e. The molecule has 2 heterocycles. The summed E-state index contributed by atoms with van der Waals surface area (Å²) >= 11 is 6.45. The second kappa shape index (κ2) is 6.26. The normalized spacial score (nSPS) is 11.8. The molecule has 0 spiro atoms. The van der Waals surface area contributed by atoms with Crippen molar-refractivity contribution < 1.29 is 13.2 Å². The molecule has 0 saturated heterocycles. The predicted molar refractivity (Wildman–Crippen MR) is 79.3 cm³/mol. The van der Waals surface area contributed by atoms with Crippen LogP contribution < -0.4 is 4.90 Å². The topological polar surface area (TPSA) is 29.0 Å². The first-order valence-electron chi connectivity index (χ1n) is 5.68. The van der Waals surface area contributed by atoms with Gasteiger partial charge in [0.05, 0.1) is 11.2 Å². The van der Waals surface area contributed by atoms with E-state index in [9.17, 15) is 13.2 Å². The van der Waals surface area contributed by atoms with E-state index in [1.54, 1.807) is 18.3 Å². The van der Waals surface area contributed by atoms with Gasteiger partial charge in [-0.25, -0.2) is 0 Å². The molecule has 2 aromatic rings. The van der Waals surface area contributed by atoms with Crippen LogP contribution in [0.4, 0.5) is 18.9 Å². The van der Waals surface area contributed by atoms with Crippen LogP contribution in [-0.4, -0.2) is 34.6 Å². The molecule has 20 heavy (non-hydrogen) atoms. The Hall–Kier alpha value is -0.890. The number of hydrogen-bond acceptors (Lipinski definition) is 3. The lowest BCUT2D eigenvalue weighted by molar-refractivity contribution is -0.119. The number of pyridine rings is 2. The number of halogens is 5. The van der Waals surface area contributed by atoms with E-state index in [1.807, 2.05) is 0 Å². The summed E-state index contributed by atoms with van der Waals surface area (Å²) in [5.74, 6) is 0. The summed E-state index contributed by atoms with van der Waals surface area (Å²) in [6, 6.07) is 3.28. The van der Waals surface area contributed by atoms with Crippen molar-refractivity contribution >= 4 is 48.6 Å². The van der Waals surface area contributed by atoms with E-state index in [0.717, 1.165) is 4.47 Å². The van der Waals surface area contributed by atoms with Gasteiger partial charge in [0.2, 0.25) is 0 Å². The van der Waals surface area contributed by atoms with Gasteiger partial charge in [0.15, 0.2) is 0 Å². The minimum atomic E-state index is -4.27. The van der Waals surface area contributed by atoms with Gasteiger partial charge >= 0.3 is 6.18 Å². The molecule has 0 saturated carbocycles. The molecule has 0 aliphatic carbocycles. The fourth-order valence-corrected chi connectivity index (χ4v) is 2.60. The van der Waals surface area contributed by atoms with Crippen LogP contribution in [-0.2, 0) is 0 Å². The average molecular weight is 413 g/mol. The average Bonchev–Trinajstić information content (AvgIpc) is 2.35. The number of anilines is 1. The minimum absolute atomic E-state index is 0.233. The molecular formula is C12H10Br2F3N3. The van der Waals surface area contributed by atoms with E-state index in [4.69, 9.17) is 0 Å². The third kappa shape index (κ3) is 3.82. The Morgan fingerprint density at radius 3 is 2.65 bits per heavy atom. The third-order valence-corrected chi connectivity index (χ3v) is 3.38. The zero-order valence-electron chi connectivity index (χ0n) is 10.2. The molecule has 0 aliphatic rings. The van der Waals surface area contributed by atoms with Gasteiger partial charge in [0.1, 0.15) is 12.1 Å². The zero-order chi connectivity index (χ0) is 14.8. The Morgan fingerprint density at radius 2 is 2.00 bits per heavy atom. The van der Waals surface area contributed by atoms with Crippen molar-refractivity contribution in [1.29, 1.82) is 0 Å². The summed E-state index contributed by atoms with van der Waals surface area (Å²) in [7, 11) is 0. The molecule has 0 radical (unpaired) electrons. The quantitative estimate of drug-likeness (QED) is 0.706. The van der Waals surface area contributed by atoms with Crippen molar-refractivity contribution in [2.75, 3.05) is 23.3 Å². The van der Waals surface area contributed by atoms with Crippen LogP contribution in [0.25, 0.3) is 11.0 Å². The van der Waals surface area contributed by atoms with Crippen LogP contribution in [0.3, 0.4) is 0 Å². The second-order valence-corrected chi connectivity index (χ2v) is 5.79. The van der Waals surface area contributed by atoms with Gasteiger partial charge in [-0.2, -0.15) is 13.2 Å². The first kappa shape index (κ1) is 15.5.